The molecule has 1 aromatic heterocycles. The van der Waals surface area contributed by atoms with Crippen LogP contribution in [0.15, 0.2) is 47.5 Å². The highest BCUT2D eigenvalue weighted by atomic mass is 19.4. The molecule has 0 atom stereocenters. The van der Waals surface area contributed by atoms with Gasteiger partial charge in [-0.1, -0.05) is 6.07 Å². The second-order valence-electron chi connectivity index (χ2n) is 8.93. The van der Waals surface area contributed by atoms with Gasteiger partial charge in [-0.05, 0) is 61.6 Å². The summed E-state index contributed by atoms with van der Waals surface area (Å²) in [7, 11) is 0. The lowest BCUT2D eigenvalue weighted by Gasteiger charge is -2.26. The first-order valence-electron chi connectivity index (χ1n) is 11.8. The fourth-order valence-electron chi connectivity index (χ4n) is 4.56. The molecule has 2 amide bonds. The fraction of sp³-hybridized carbons (Fsp3) is 0.400. The molecule has 2 aliphatic rings. The number of aromatic amines is 1. The molecule has 0 spiro atoms. The van der Waals surface area contributed by atoms with Crippen molar-refractivity contribution < 1.29 is 32.2 Å². The van der Waals surface area contributed by atoms with Crippen molar-refractivity contribution in [2.24, 2.45) is 10.9 Å². The van der Waals surface area contributed by atoms with Crippen LogP contribution in [0, 0.1) is 5.92 Å². The Balaban J connectivity index is 1.56. The summed E-state index contributed by atoms with van der Waals surface area (Å²) < 4.78 is 51.9. The number of nitrogens with zero attached hydrogens (tertiary/aromatic N) is 3. The van der Waals surface area contributed by atoms with E-state index in [4.69, 9.17) is 9.47 Å². The van der Waals surface area contributed by atoms with E-state index in [-0.39, 0.29) is 17.1 Å². The molecule has 5 rings (SSSR count). The van der Waals surface area contributed by atoms with Crippen molar-refractivity contribution in [3.63, 3.8) is 0 Å². The monoisotopic (exact) mass is 502 g/mol. The normalized spacial score (nSPS) is 18.0. The molecule has 3 aromatic rings. The van der Waals surface area contributed by atoms with E-state index in [1.165, 1.54) is 17.0 Å². The van der Waals surface area contributed by atoms with E-state index in [9.17, 15) is 22.8 Å². The fourth-order valence-corrected chi connectivity index (χ4v) is 4.56. The Morgan fingerprint density at radius 2 is 1.92 bits per heavy atom. The van der Waals surface area contributed by atoms with E-state index in [1.807, 2.05) is 16.7 Å². The summed E-state index contributed by atoms with van der Waals surface area (Å²) in [6, 6.07) is 9.66. The molecule has 36 heavy (non-hydrogen) atoms. The largest absolute Gasteiger partial charge is 0.449 e. The predicted molar refractivity (Wildman–Crippen MR) is 124 cm³/mol. The molecule has 2 saturated heterocycles. The van der Waals surface area contributed by atoms with E-state index in [0.29, 0.717) is 50.5 Å². The van der Waals surface area contributed by atoms with E-state index in [1.54, 1.807) is 6.07 Å². The number of hydrogen-bond donors (Lipinski definition) is 1. The first kappa shape index (κ1) is 24.1. The molecule has 0 saturated carbocycles. The van der Waals surface area contributed by atoms with Crippen molar-refractivity contribution in [2.75, 3.05) is 31.3 Å². The first-order valence-corrected chi connectivity index (χ1v) is 11.8. The molecule has 0 unspecified atom stereocenters. The summed E-state index contributed by atoms with van der Waals surface area (Å²) in [5.41, 5.74) is 1.23. The van der Waals surface area contributed by atoms with E-state index >= 15 is 0 Å². The minimum atomic E-state index is -4.56. The molecule has 2 aliphatic heterocycles. The Morgan fingerprint density at radius 3 is 2.67 bits per heavy atom. The van der Waals surface area contributed by atoms with Gasteiger partial charge in [-0.2, -0.15) is 18.2 Å². The van der Waals surface area contributed by atoms with Gasteiger partial charge < -0.3 is 19.0 Å². The molecule has 0 bridgehead atoms. The minimum Gasteiger partial charge on any atom is -0.449 e. The van der Waals surface area contributed by atoms with Crippen molar-refractivity contribution in [3.8, 4) is 0 Å². The molecule has 190 valence electrons. The number of ether oxygens (including phenoxy) is 2. The molecule has 8 nitrogen and oxygen atoms in total. The average Bonchev–Trinajstić information content (AvgIpc) is 3.20. The zero-order valence-electron chi connectivity index (χ0n) is 19.4. The van der Waals surface area contributed by atoms with Crippen LogP contribution >= 0.6 is 0 Å². The Kier molecular flexibility index (Phi) is 6.57. The highest BCUT2D eigenvalue weighted by molar-refractivity contribution is 5.95. The SMILES string of the molecule is O=C(/N=c1\[nH]c2cc(N3CCCOC3=O)ccc2n1CC1CCOCC1)c1cccc(C(F)(F)F)c1. The zero-order chi connectivity index (χ0) is 25.3. The van der Waals surface area contributed by atoms with Gasteiger partial charge >= 0.3 is 12.3 Å². The van der Waals surface area contributed by atoms with Gasteiger partial charge in [-0.3, -0.25) is 9.69 Å². The lowest BCUT2D eigenvalue weighted by atomic mass is 10.0. The molecule has 2 aromatic carbocycles. The van der Waals surface area contributed by atoms with Gasteiger partial charge in [0.25, 0.3) is 5.91 Å². The lowest BCUT2D eigenvalue weighted by molar-refractivity contribution is -0.137. The molecular weight excluding hydrogens is 477 g/mol. The van der Waals surface area contributed by atoms with E-state index in [2.05, 4.69) is 9.98 Å². The van der Waals surface area contributed by atoms with Crippen LogP contribution in [0.5, 0.6) is 0 Å². The van der Waals surface area contributed by atoms with Crippen molar-refractivity contribution >= 4 is 28.7 Å². The third-order valence-electron chi connectivity index (χ3n) is 6.48. The molecular formula is C25H25F3N4O4. The van der Waals surface area contributed by atoms with Gasteiger partial charge in [0.15, 0.2) is 0 Å². The summed E-state index contributed by atoms with van der Waals surface area (Å²) in [5.74, 6) is -0.495. The number of rotatable bonds is 4. The van der Waals surface area contributed by atoms with Gasteiger partial charge in [-0.25, -0.2) is 4.79 Å². The van der Waals surface area contributed by atoms with Crippen LogP contribution < -0.4 is 10.5 Å². The van der Waals surface area contributed by atoms with E-state index < -0.39 is 23.7 Å². The molecule has 0 radical (unpaired) electrons. The quantitative estimate of drug-likeness (QED) is 0.569. The summed E-state index contributed by atoms with van der Waals surface area (Å²) >= 11 is 0. The Morgan fingerprint density at radius 1 is 1.11 bits per heavy atom. The number of halogens is 3. The van der Waals surface area contributed by atoms with Crippen LogP contribution in [0.25, 0.3) is 11.0 Å². The molecule has 3 heterocycles. The van der Waals surface area contributed by atoms with Crippen molar-refractivity contribution in [1.29, 1.82) is 0 Å². The van der Waals surface area contributed by atoms with Crippen molar-refractivity contribution in [1.82, 2.24) is 9.55 Å². The Hall–Kier alpha value is -3.60. The minimum absolute atomic E-state index is 0.155. The van der Waals surface area contributed by atoms with E-state index in [0.717, 1.165) is 30.5 Å². The summed E-state index contributed by atoms with van der Waals surface area (Å²) in [5, 5.41) is 0. The maximum absolute atomic E-state index is 13.1. The van der Waals surface area contributed by atoms with Crippen molar-refractivity contribution in [3.05, 3.63) is 59.2 Å². The number of nitrogens with one attached hydrogen (secondary N) is 1. The summed E-state index contributed by atoms with van der Waals surface area (Å²) in [4.78, 5) is 34.0. The molecule has 11 heteroatoms. The topological polar surface area (TPSA) is 88.9 Å². The summed E-state index contributed by atoms with van der Waals surface area (Å²) in [6.45, 7) is 2.75. The van der Waals surface area contributed by atoms with Crippen LogP contribution in [0.2, 0.25) is 0 Å². The number of amides is 2. The molecule has 2 fully saturated rings. The number of benzene rings is 2. The average molecular weight is 502 g/mol. The smallest absolute Gasteiger partial charge is 0.416 e. The van der Waals surface area contributed by atoms with Crippen molar-refractivity contribution in [2.45, 2.75) is 32.0 Å². The number of anilines is 1. The lowest BCUT2D eigenvalue weighted by Crippen LogP contribution is -2.37. The third-order valence-corrected chi connectivity index (χ3v) is 6.48. The summed E-state index contributed by atoms with van der Waals surface area (Å²) in [6.07, 6.45) is -2.58. The number of H-pyrrole nitrogens is 1. The standard InChI is InChI=1S/C25H25F3N4O4/c26-25(27,28)18-4-1-3-17(13-18)22(33)30-23-29-20-14-19(31-9-2-10-36-24(31)34)5-6-21(20)32(23)15-16-7-11-35-12-8-16/h1,3-6,13-14,16H,2,7-12,15H2,(H,29,30,33). The van der Waals surface area contributed by atoms with Crippen LogP contribution in [0.3, 0.4) is 0 Å². The highest BCUT2D eigenvalue weighted by Crippen LogP contribution is 2.30. The second-order valence-corrected chi connectivity index (χ2v) is 8.93. The number of alkyl halides is 3. The van der Waals surface area contributed by atoms with Crippen LogP contribution in [0.1, 0.15) is 35.2 Å². The zero-order valence-corrected chi connectivity index (χ0v) is 19.4. The third kappa shape index (κ3) is 5.01. The van der Waals surface area contributed by atoms with Crippen LogP contribution in [0.4, 0.5) is 23.7 Å². The Bertz CT molecular complexity index is 1360. The molecule has 0 aliphatic carbocycles. The number of carbonyl (C=O) groups excluding carboxylic acids is 2. The second kappa shape index (κ2) is 9.81. The number of aromatic nitrogens is 2. The van der Waals surface area contributed by atoms with Gasteiger partial charge in [0.05, 0.1) is 23.2 Å². The van der Waals surface area contributed by atoms with Gasteiger partial charge in [0.1, 0.15) is 0 Å². The van der Waals surface area contributed by atoms with Gasteiger partial charge in [-0.15, -0.1) is 0 Å². The van der Waals surface area contributed by atoms with Crippen LogP contribution in [-0.2, 0) is 22.2 Å². The number of hydrogen-bond acceptors (Lipinski definition) is 4. The number of fused-ring (bicyclic) bond motifs is 1. The first-order chi connectivity index (χ1) is 17.3. The van der Waals surface area contributed by atoms with Crippen LogP contribution in [-0.4, -0.2) is 47.9 Å². The Labute approximate surface area is 204 Å². The predicted octanol–water partition coefficient (Wildman–Crippen LogP) is 4.50. The highest BCUT2D eigenvalue weighted by Gasteiger charge is 2.31. The maximum Gasteiger partial charge on any atom is 0.416 e. The molecule has 1 N–H and O–H groups in total. The number of cyclic esters (lactones) is 1. The number of carbonyl (C=O) groups is 2. The number of imidazole rings is 1. The van der Waals surface area contributed by atoms with Gasteiger partial charge in [0, 0.05) is 37.6 Å². The maximum atomic E-state index is 13.1. The van der Waals surface area contributed by atoms with Gasteiger partial charge in [0.2, 0.25) is 5.62 Å².